The summed E-state index contributed by atoms with van der Waals surface area (Å²) < 4.78 is 0. The molecule has 0 heterocycles. The molecule has 2 heteroatoms. The zero-order chi connectivity index (χ0) is 38.8. The van der Waals surface area contributed by atoms with Crippen LogP contribution in [0.1, 0.15) is 28.7 Å². The minimum Gasteiger partial charge on any atom is -0.308 e. The Morgan fingerprint density at radius 2 is 1.16 bits per heavy atom. The standard InChI is InChI=1S/C56H42N2/c1-40-18-6-2-3-7-28-48(34-30-40)57(46-24-8-4-9-25-46)55-51-36-32-42-20-13-15-23-45(42)39-53(51)54-50-29-17-16-21-43(50)33-37-52(54)56(55)58(47-26-10-5-11-27-47)49-35-31-41-19-12-14-22-44(41)38-49/h2-6,8-38H,1,7,39H2/b3-2-,18-6-,34-30-,48-28+. The maximum Gasteiger partial charge on any atom is 0.0788 e. The SMILES string of the molecule is C=C1/C=C\C=C/C/C=C(N(c2ccccc2)c2c3c(c4c(ccc5ccccc54)c2N(c2ccccc2)c2ccc4ccccc4c2)Cc2ccccc2C=C3)\C=C/1. The molecule has 0 saturated heterocycles. The Labute approximate surface area is 340 Å². The summed E-state index contributed by atoms with van der Waals surface area (Å²) in [6.45, 7) is 4.38. The molecule has 0 spiro atoms. The van der Waals surface area contributed by atoms with E-state index in [-0.39, 0.29) is 0 Å². The minimum absolute atomic E-state index is 0.768. The molecule has 276 valence electrons. The van der Waals surface area contributed by atoms with Gasteiger partial charge >= 0.3 is 0 Å². The van der Waals surface area contributed by atoms with Crippen LogP contribution in [0.4, 0.5) is 28.4 Å². The number of anilines is 5. The highest BCUT2D eigenvalue weighted by atomic mass is 15.2. The number of nitrogens with zero attached hydrogens (tertiary/aromatic N) is 2. The Balaban J connectivity index is 1.41. The van der Waals surface area contributed by atoms with Gasteiger partial charge in [-0.3, -0.25) is 0 Å². The van der Waals surface area contributed by atoms with Crippen LogP contribution >= 0.6 is 0 Å². The molecule has 0 bridgehead atoms. The van der Waals surface area contributed by atoms with E-state index >= 15 is 0 Å². The van der Waals surface area contributed by atoms with E-state index in [2.05, 4.69) is 235 Å². The summed E-state index contributed by atoms with van der Waals surface area (Å²) in [4.78, 5) is 4.98. The summed E-state index contributed by atoms with van der Waals surface area (Å²) in [7, 11) is 0. The minimum atomic E-state index is 0.768. The molecule has 0 aliphatic heterocycles. The van der Waals surface area contributed by atoms with Crippen molar-refractivity contribution >= 4 is 72.9 Å². The van der Waals surface area contributed by atoms with Crippen LogP contribution in [0.15, 0.2) is 224 Å². The summed E-state index contributed by atoms with van der Waals surface area (Å²) in [5.74, 6) is 0. The molecule has 0 radical (unpaired) electrons. The van der Waals surface area contributed by atoms with Crippen molar-refractivity contribution in [3.8, 4) is 0 Å². The van der Waals surface area contributed by atoms with E-state index in [4.69, 9.17) is 0 Å². The van der Waals surface area contributed by atoms with Crippen LogP contribution in [-0.4, -0.2) is 0 Å². The Morgan fingerprint density at radius 3 is 1.98 bits per heavy atom. The fourth-order valence-corrected chi connectivity index (χ4v) is 8.66. The first-order valence-electron chi connectivity index (χ1n) is 20.1. The van der Waals surface area contributed by atoms with Crippen molar-refractivity contribution in [1.82, 2.24) is 0 Å². The van der Waals surface area contributed by atoms with Crippen LogP contribution in [0, 0.1) is 0 Å². The molecule has 0 N–H and O–H groups in total. The molecule has 8 aromatic carbocycles. The molecule has 2 aliphatic carbocycles. The van der Waals surface area contributed by atoms with Crippen molar-refractivity contribution in [2.24, 2.45) is 0 Å². The topological polar surface area (TPSA) is 6.48 Å². The van der Waals surface area contributed by atoms with Gasteiger partial charge in [0.05, 0.1) is 11.4 Å². The zero-order valence-corrected chi connectivity index (χ0v) is 32.3. The van der Waals surface area contributed by atoms with Crippen LogP contribution < -0.4 is 9.80 Å². The average Bonchev–Trinajstić information content (AvgIpc) is 3.47. The van der Waals surface area contributed by atoms with Crippen molar-refractivity contribution in [2.75, 3.05) is 9.80 Å². The lowest BCUT2D eigenvalue weighted by Gasteiger charge is -2.37. The number of benzene rings is 8. The first-order chi connectivity index (χ1) is 28.7. The van der Waals surface area contributed by atoms with Gasteiger partial charge < -0.3 is 9.80 Å². The highest BCUT2D eigenvalue weighted by molar-refractivity contribution is 6.20. The van der Waals surface area contributed by atoms with Crippen molar-refractivity contribution < 1.29 is 0 Å². The van der Waals surface area contributed by atoms with E-state index in [9.17, 15) is 0 Å². The second-order valence-corrected chi connectivity index (χ2v) is 14.9. The third-order valence-corrected chi connectivity index (χ3v) is 11.4. The summed E-state index contributed by atoms with van der Waals surface area (Å²) in [6.07, 6.45) is 21.4. The number of rotatable bonds is 6. The molecule has 0 unspecified atom stereocenters. The molecule has 58 heavy (non-hydrogen) atoms. The highest BCUT2D eigenvalue weighted by Crippen LogP contribution is 2.54. The quantitative estimate of drug-likeness (QED) is 0.124. The lowest BCUT2D eigenvalue weighted by molar-refractivity contribution is 1.14. The second-order valence-electron chi connectivity index (χ2n) is 14.9. The van der Waals surface area contributed by atoms with Gasteiger partial charge in [-0.15, -0.1) is 0 Å². The number of hydrogen-bond donors (Lipinski definition) is 0. The normalized spacial score (nSPS) is 16.1. The van der Waals surface area contributed by atoms with Gasteiger partial charge in [0, 0.05) is 33.7 Å². The Hall–Kier alpha value is -7.42. The van der Waals surface area contributed by atoms with Crippen molar-refractivity contribution in [3.05, 3.63) is 246 Å². The Morgan fingerprint density at radius 1 is 0.466 bits per heavy atom. The number of allylic oxidation sites excluding steroid dienone is 8. The predicted molar refractivity (Wildman–Crippen MR) is 250 cm³/mol. The smallest absolute Gasteiger partial charge is 0.0788 e. The van der Waals surface area contributed by atoms with E-state index in [1.54, 1.807) is 0 Å². The molecule has 2 aliphatic rings. The van der Waals surface area contributed by atoms with Gasteiger partial charge in [-0.25, -0.2) is 0 Å². The van der Waals surface area contributed by atoms with Gasteiger partial charge in [0.1, 0.15) is 0 Å². The lowest BCUT2D eigenvalue weighted by Crippen LogP contribution is -2.22. The second kappa shape index (κ2) is 15.3. The lowest BCUT2D eigenvalue weighted by atomic mass is 9.87. The van der Waals surface area contributed by atoms with Crippen molar-refractivity contribution in [3.63, 3.8) is 0 Å². The van der Waals surface area contributed by atoms with E-state index in [1.165, 1.54) is 54.6 Å². The molecule has 2 nitrogen and oxygen atoms in total. The molecule has 8 aromatic rings. The summed E-state index contributed by atoms with van der Waals surface area (Å²) >= 11 is 0. The maximum absolute atomic E-state index is 4.38. The third-order valence-electron chi connectivity index (χ3n) is 11.4. The molecule has 0 amide bonds. The van der Waals surface area contributed by atoms with Crippen molar-refractivity contribution in [2.45, 2.75) is 12.8 Å². The Kier molecular flexibility index (Phi) is 9.21. The largest absolute Gasteiger partial charge is 0.308 e. The van der Waals surface area contributed by atoms with Crippen molar-refractivity contribution in [1.29, 1.82) is 0 Å². The van der Waals surface area contributed by atoms with Crippen LogP contribution in [0.3, 0.4) is 0 Å². The molecule has 10 rings (SSSR count). The third kappa shape index (κ3) is 6.45. The molecule has 0 aromatic heterocycles. The number of hydrogen-bond acceptors (Lipinski definition) is 2. The zero-order valence-electron chi connectivity index (χ0n) is 32.3. The first kappa shape index (κ1) is 35.0. The Bertz CT molecular complexity index is 3020. The molecule has 0 saturated carbocycles. The number of fused-ring (bicyclic) bond motifs is 7. The molecule has 0 fully saturated rings. The van der Waals surface area contributed by atoms with Gasteiger partial charge in [-0.2, -0.15) is 0 Å². The van der Waals surface area contributed by atoms with Gasteiger partial charge in [-0.05, 0) is 105 Å². The van der Waals surface area contributed by atoms with Crippen LogP contribution in [0.2, 0.25) is 0 Å². The van der Waals surface area contributed by atoms with Gasteiger partial charge in [-0.1, -0.05) is 183 Å². The monoisotopic (exact) mass is 742 g/mol. The maximum atomic E-state index is 4.38. The van der Waals surface area contributed by atoms with Crippen LogP contribution in [-0.2, 0) is 6.42 Å². The summed E-state index contributed by atoms with van der Waals surface area (Å²) in [6, 6.07) is 59.6. The summed E-state index contributed by atoms with van der Waals surface area (Å²) in [5, 5.41) is 7.35. The van der Waals surface area contributed by atoms with Gasteiger partial charge in [0.2, 0.25) is 0 Å². The fourth-order valence-electron chi connectivity index (χ4n) is 8.66. The summed E-state index contributed by atoms with van der Waals surface area (Å²) in [5.41, 5.74) is 12.5. The first-order valence-corrected chi connectivity index (χ1v) is 20.1. The van der Waals surface area contributed by atoms with E-state index < -0.39 is 0 Å². The number of para-hydroxylation sites is 2. The molecule has 0 atom stereocenters. The average molecular weight is 743 g/mol. The predicted octanol–water partition coefficient (Wildman–Crippen LogP) is 15.3. The van der Waals surface area contributed by atoms with Gasteiger partial charge in [0.15, 0.2) is 0 Å². The molecular formula is C56H42N2. The highest BCUT2D eigenvalue weighted by Gasteiger charge is 2.31. The van der Waals surface area contributed by atoms with Crippen LogP contribution in [0.5, 0.6) is 0 Å². The van der Waals surface area contributed by atoms with Crippen LogP contribution in [0.25, 0.3) is 44.5 Å². The van der Waals surface area contributed by atoms with E-state index in [0.717, 1.165) is 52.5 Å². The molecular weight excluding hydrogens is 701 g/mol. The van der Waals surface area contributed by atoms with E-state index in [0.29, 0.717) is 0 Å². The van der Waals surface area contributed by atoms with E-state index in [1.807, 2.05) is 0 Å². The fraction of sp³-hybridized carbons (Fsp3) is 0.0357. The van der Waals surface area contributed by atoms with Gasteiger partial charge in [0.25, 0.3) is 0 Å².